The third kappa shape index (κ3) is 5.81. The van der Waals surface area contributed by atoms with Crippen LogP contribution in [0.1, 0.15) is 31.8 Å². The molecule has 7 nitrogen and oxygen atoms in total. The van der Waals surface area contributed by atoms with E-state index >= 15 is 0 Å². The summed E-state index contributed by atoms with van der Waals surface area (Å²) in [5.41, 5.74) is 2.47. The first-order valence-corrected chi connectivity index (χ1v) is 10.2. The van der Waals surface area contributed by atoms with Crippen molar-refractivity contribution in [3.63, 3.8) is 0 Å². The molecule has 1 aliphatic rings. The maximum Gasteiger partial charge on any atom is 0.387 e. The Bertz CT molecular complexity index is 984. The van der Waals surface area contributed by atoms with Crippen LogP contribution < -0.4 is 10.1 Å². The summed E-state index contributed by atoms with van der Waals surface area (Å²) >= 11 is 0. The van der Waals surface area contributed by atoms with E-state index in [2.05, 4.69) is 10.1 Å². The van der Waals surface area contributed by atoms with Crippen LogP contribution in [0.5, 0.6) is 5.75 Å². The molecule has 3 rings (SSSR count). The zero-order valence-electron chi connectivity index (χ0n) is 17.9. The maximum absolute atomic E-state index is 12.7. The first-order chi connectivity index (χ1) is 15.2. The van der Waals surface area contributed by atoms with Gasteiger partial charge in [-0.05, 0) is 38.1 Å². The molecule has 0 unspecified atom stereocenters. The van der Waals surface area contributed by atoms with Gasteiger partial charge in [-0.3, -0.25) is 14.4 Å². The number of aryl methyl sites for hydroxylation is 2. The van der Waals surface area contributed by atoms with Crippen LogP contribution in [0.4, 0.5) is 8.78 Å². The van der Waals surface area contributed by atoms with Crippen molar-refractivity contribution < 1.29 is 27.9 Å². The second-order valence-corrected chi connectivity index (χ2v) is 7.61. The molecule has 2 aromatic carbocycles. The first kappa shape index (κ1) is 23.2. The quantitative estimate of drug-likeness (QED) is 0.742. The average molecular weight is 445 g/mol. The van der Waals surface area contributed by atoms with Gasteiger partial charge < -0.3 is 19.9 Å². The zero-order valence-corrected chi connectivity index (χ0v) is 17.9. The van der Waals surface area contributed by atoms with Crippen molar-refractivity contribution in [2.24, 2.45) is 0 Å². The van der Waals surface area contributed by atoms with Gasteiger partial charge in [0.05, 0.1) is 12.1 Å². The Hall–Kier alpha value is -3.49. The number of hydrogen-bond donors (Lipinski definition) is 1. The Kier molecular flexibility index (Phi) is 7.40. The molecule has 0 atom stereocenters. The number of hydrogen-bond acceptors (Lipinski definition) is 4. The largest absolute Gasteiger partial charge is 0.434 e. The Balaban J connectivity index is 1.52. The van der Waals surface area contributed by atoms with Crippen LogP contribution in [-0.4, -0.2) is 66.9 Å². The van der Waals surface area contributed by atoms with E-state index in [1.165, 1.54) is 23.1 Å². The van der Waals surface area contributed by atoms with E-state index in [4.69, 9.17) is 0 Å². The van der Waals surface area contributed by atoms with Gasteiger partial charge in [-0.25, -0.2) is 0 Å². The topological polar surface area (TPSA) is 79.0 Å². The molecule has 0 spiro atoms. The molecule has 0 radical (unpaired) electrons. The lowest BCUT2D eigenvalue weighted by Gasteiger charge is -2.35. The number of piperazine rings is 1. The fourth-order valence-corrected chi connectivity index (χ4v) is 3.65. The Morgan fingerprint density at radius 2 is 1.56 bits per heavy atom. The number of halogens is 2. The van der Waals surface area contributed by atoms with Crippen LogP contribution >= 0.6 is 0 Å². The molecular weight excluding hydrogens is 420 g/mol. The van der Waals surface area contributed by atoms with Gasteiger partial charge in [0.2, 0.25) is 5.91 Å². The van der Waals surface area contributed by atoms with Crippen LogP contribution in [0.2, 0.25) is 0 Å². The molecule has 0 bridgehead atoms. The summed E-state index contributed by atoms with van der Waals surface area (Å²) in [5.74, 6) is -1.19. The second kappa shape index (κ2) is 10.2. The van der Waals surface area contributed by atoms with Gasteiger partial charge in [-0.2, -0.15) is 8.78 Å². The van der Waals surface area contributed by atoms with Crippen LogP contribution in [0.25, 0.3) is 0 Å². The van der Waals surface area contributed by atoms with Gasteiger partial charge in [0.15, 0.2) is 0 Å². The van der Waals surface area contributed by atoms with Gasteiger partial charge in [-0.1, -0.05) is 29.3 Å². The molecule has 1 saturated heterocycles. The van der Waals surface area contributed by atoms with Crippen molar-refractivity contribution in [2.75, 3.05) is 32.7 Å². The van der Waals surface area contributed by atoms with Gasteiger partial charge in [0.25, 0.3) is 11.8 Å². The smallest absolute Gasteiger partial charge is 0.387 e. The molecule has 0 aliphatic carbocycles. The summed E-state index contributed by atoms with van der Waals surface area (Å²) < 4.78 is 29.6. The lowest BCUT2D eigenvalue weighted by atomic mass is 10.1. The SMILES string of the molecule is Cc1cc(C)cc(C(=O)NCC(=O)N2CCN(C(=O)c3ccccc3OC(F)F)CC2)c1. The van der Waals surface area contributed by atoms with Crippen molar-refractivity contribution in [3.05, 3.63) is 64.7 Å². The van der Waals surface area contributed by atoms with E-state index in [0.29, 0.717) is 5.56 Å². The minimum absolute atomic E-state index is 0.0493. The number of nitrogens with one attached hydrogen (secondary N) is 1. The van der Waals surface area contributed by atoms with Gasteiger partial charge in [-0.15, -0.1) is 0 Å². The van der Waals surface area contributed by atoms with Crippen LogP contribution in [0.15, 0.2) is 42.5 Å². The van der Waals surface area contributed by atoms with Crippen LogP contribution in [-0.2, 0) is 4.79 Å². The van der Waals surface area contributed by atoms with Crippen molar-refractivity contribution in [1.82, 2.24) is 15.1 Å². The highest BCUT2D eigenvalue weighted by atomic mass is 19.3. The first-order valence-electron chi connectivity index (χ1n) is 10.2. The van der Waals surface area contributed by atoms with Crippen LogP contribution in [0, 0.1) is 13.8 Å². The highest BCUT2D eigenvalue weighted by molar-refractivity contribution is 5.98. The van der Waals surface area contributed by atoms with Gasteiger partial charge in [0.1, 0.15) is 5.75 Å². The van der Waals surface area contributed by atoms with E-state index in [1.54, 1.807) is 23.1 Å². The number of ether oxygens (including phenoxy) is 1. The molecule has 1 N–H and O–H groups in total. The number of carbonyl (C=O) groups excluding carboxylic acids is 3. The van der Waals surface area contributed by atoms with E-state index in [1.807, 2.05) is 19.9 Å². The summed E-state index contributed by atoms with van der Waals surface area (Å²) in [4.78, 5) is 40.6. The van der Waals surface area contributed by atoms with Crippen molar-refractivity contribution in [3.8, 4) is 5.75 Å². The number of nitrogens with zero attached hydrogens (tertiary/aromatic N) is 2. The number of alkyl halides is 2. The fourth-order valence-electron chi connectivity index (χ4n) is 3.65. The van der Waals surface area contributed by atoms with E-state index < -0.39 is 12.5 Å². The molecule has 170 valence electrons. The predicted octanol–water partition coefficient (Wildman–Crippen LogP) is 2.62. The Morgan fingerprint density at radius 1 is 0.969 bits per heavy atom. The van der Waals surface area contributed by atoms with Crippen molar-refractivity contribution in [2.45, 2.75) is 20.5 Å². The van der Waals surface area contributed by atoms with Gasteiger partial charge >= 0.3 is 6.61 Å². The molecule has 3 amide bonds. The number of benzene rings is 2. The average Bonchev–Trinajstić information content (AvgIpc) is 2.76. The zero-order chi connectivity index (χ0) is 23.3. The predicted molar refractivity (Wildman–Crippen MR) is 114 cm³/mol. The van der Waals surface area contributed by atoms with Crippen molar-refractivity contribution in [1.29, 1.82) is 0 Å². The Labute approximate surface area is 184 Å². The summed E-state index contributed by atoms with van der Waals surface area (Å²) in [6, 6.07) is 11.3. The van der Waals surface area contributed by atoms with E-state index in [0.717, 1.165) is 11.1 Å². The number of para-hydroxylation sites is 1. The summed E-state index contributed by atoms with van der Waals surface area (Å²) in [5, 5.41) is 2.64. The highest BCUT2D eigenvalue weighted by Gasteiger charge is 2.27. The number of amides is 3. The van der Waals surface area contributed by atoms with Gasteiger partial charge in [0, 0.05) is 31.7 Å². The third-order valence-electron chi connectivity index (χ3n) is 5.14. The Morgan fingerprint density at radius 3 is 2.19 bits per heavy atom. The maximum atomic E-state index is 12.7. The molecule has 0 saturated carbocycles. The molecule has 2 aromatic rings. The fraction of sp³-hybridized carbons (Fsp3) is 0.348. The van der Waals surface area contributed by atoms with E-state index in [-0.39, 0.29) is 55.9 Å². The summed E-state index contributed by atoms with van der Waals surface area (Å²) in [7, 11) is 0. The number of rotatable bonds is 6. The normalized spacial score (nSPS) is 13.8. The third-order valence-corrected chi connectivity index (χ3v) is 5.14. The number of carbonyl (C=O) groups is 3. The summed E-state index contributed by atoms with van der Waals surface area (Å²) in [6.45, 7) is 1.67. The molecule has 1 aliphatic heterocycles. The minimum Gasteiger partial charge on any atom is -0.434 e. The highest BCUT2D eigenvalue weighted by Crippen LogP contribution is 2.22. The lowest BCUT2D eigenvalue weighted by Crippen LogP contribution is -2.52. The molecular formula is C23H25F2N3O4. The van der Waals surface area contributed by atoms with Crippen LogP contribution in [0.3, 0.4) is 0 Å². The minimum atomic E-state index is -3.03. The molecule has 1 heterocycles. The standard InChI is InChI=1S/C23H25F2N3O4/c1-15-11-16(2)13-17(12-15)21(30)26-14-20(29)27-7-9-28(10-8-27)22(31)18-5-3-4-6-19(18)32-23(24)25/h3-6,11-13,23H,7-10,14H2,1-2H3,(H,26,30). The summed E-state index contributed by atoms with van der Waals surface area (Å²) in [6.07, 6.45) is 0. The lowest BCUT2D eigenvalue weighted by molar-refractivity contribution is -0.131. The molecule has 9 heteroatoms. The van der Waals surface area contributed by atoms with E-state index in [9.17, 15) is 23.2 Å². The second-order valence-electron chi connectivity index (χ2n) is 7.61. The molecule has 0 aromatic heterocycles. The molecule has 32 heavy (non-hydrogen) atoms. The van der Waals surface area contributed by atoms with Crippen molar-refractivity contribution >= 4 is 17.7 Å². The molecule has 1 fully saturated rings. The monoisotopic (exact) mass is 445 g/mol.